The van der Waals surface area contributed by atoms with Crippen LogP contribution in [0.2, 0.25) is 10.0 Å². The van der Waals surface area contributed by atoms with Gasteiger partial charge in [-0.3, -0.25) is 19.2 Å². The van der Waals surface area contributed by atoms with Gasteiger partial charge < -0.3 is 24.3 Å². The Hall–Kier alpha value is -3.00. The molecular formula is C25H22Cl2F3NO8S. The van der Waals surface area contributed by atoms with Gasteiger partial charge in [-0.15, -0.1) is 0 Å². The summed E-state index contributed by atoms with van der Waals surface area (Å²) < 4.78 is 63.1. The van der Waals surface area contributed by atoms with E-state index in [-0.39, 0.29) is 10.0 Å². The highest BCUT2D eigenvalue weighted by atomic mass is 35.5. The van der Waals surface area contributed by atoms with Crippen LogP contribution >= 0.6 is 35.0 Å². The van der Waals surface area contributed by atoms with Crippen LogP contribution in [0.5, 0.6) is 0 Å². The lowest BCUT2D eigenvalue weighted by Crippen LogP contribution is -2.66. The van der Waals surface area contributed by atoms with E-state index in [1.165, 1.54) is 12.1 Å². The molecule has 5 atom stereocenters. The molecule has 1 heterocycles. The number of amides is 1. The number of benzene rings is 2. The maximum atomic E-state index is 13.9. The second-order valence-electron chi connectivity index (χ2n) is 8.44. The Morgan fingerprint density at radius 1 is 0.900 bits per heavy atom. The molecule has 0 bridgehead atoms. The Morgan fingerprint density at radius 2 is 1.50 bits per heavy atom. The number of nitrogens with one attached hydrogen (secondary N) is 1. The Kier molecular flexibility index (Phi) is 10.7. The van der Waals surface area contributed by atoms with E-state index in [1.54, 1.807) is 6.07 Å². The van der Waals surface area contributed by atoms with Gasteiger partial charge in [-0.1, -0.05) is 35.0 Å². The Morgan fingerprint density at radius 3 is 2.05 bits per heavy atom. The molecule has 1 aliphatic heterocycles. The van der Waals surface area contributed by atoms with Crippen molar-refractivity contribution in [1.29, 1.82) is 0 Å². The molecule has 40 heavy (non-hydrogen) atoms. The van der Waals surface area contributed by atoms with Gasteiger partial charge in [0.05, 0.1) is 10.0 Å². The van der Waals surface area contributed by atoms with E-state index in [0.29, 0.717) is 17.0 Å². The van der Waals surface area contributed by atoms with E-state index in [9.17, 15) is 32.3 Å². The second-order valence-corrected chi connectivity index (χ2v) is 10.4. The molecule has 0 spiro atoms. The number of thioether (sulfide) groups is 1. The first-order chi connectivity index (χ1) is 18.8. The van der Waals surface area contributed by atoms with E-state index < -0.39 is 83.2 Å². The lowest BCUT2D eigenvalue weighted by Gasteiger charge is -2.45. The number of carbonyl (C=O) groups excluding carboxylic acids is 4. The van der Waals surface area contributed by atoms with Crippen molar-refractivity contribution in [1.82, 2.24) is 5.32 Å². The molecule has 1 fully saturated rings. The smallest absolute Gasteiger partial charge is 0.303 e. The van der Waals surface area contributed by atoms with Gasteiger partial charge in [-0.05, 0) is 30.3 Å². The Balaban J connectivity index is 2.07. The van der Waals surface area contributed by atoms with Crippen molar-refractivity contribution in [3.8, 4) is 0 Å². The molecule has 1 N–H and O–H groups in total. The van der Waals surface area contributed by atoms with Crippen molar-refractivity contribution in [3.05, 3.63) is 63.4 Å². The summed E-state index contributed by atoms with van der Waals surface area (Å²) in [6.45, 7) is 2.81. The van der Waals surface area contributed by atoms with Crippen LogP contribution in [0.1, 0.15) is 31.1 Å². The van der Waals surface area contributed by atoms with Gasteiger partial charge in [0, 0.05) is 31.2 Å². The molecule has 0 aliphatic carbocycles. The average molecular weight is 624 g/mol. The van der Waals surface area contributed by atoms with Crippen LogP contribution in [0.3, 0.4) is 0 Å². The number of halogens is 5. The molecule has 15 heteroatoms. The minimum atomic E-state index is -1.78. The van der Waals surface area contributed by atoms with Gasteiger partial charge in [-0.2, -0.15) is 0 Å². The fraction of sp³-hybridized carbons (Fsp3) is 0.360. The monoisotopic (exact) mass is 623 g/mol. The molecule has 216 valence electrons. The van der Waals surface area contributed by atoms with Crippen molar-refractivity contribution < 1.29 is 51.3 Å². The SMILES string of the molecule is CC(=O)OCC1O[C@H](Sc2ccc(Cl)c(Cl)c2)C(OC(C)=O)C(NC(=O)c2cc(F)c(F)c(F)c2)[C@H]1OC(C)=O. The van der Waals surface area contributed by atoms with E-state index in [4.69, 9.17) is 42.1 Å². The molecular weight excluding hydrogens is 602 g/mol. The van der Waals surface area contributed by atoms with Crippen molar-refractivity contribution in [2.45, 2.75) is 55.5 Å². The van der Waals surface area contributed by atoms with Crippen LogP contribution in [0, 0.1) is 17.5 Å². The largest absolute Gasteiger partial charge is 0.463 e. The summed E-state index contributed by atoms with van der Waals surface area (Å²) in [5.74, 6) is -8.49. The maximum Gasteiger partial charge on any atom is 0.303 e. The molecule has 1 amide bonds. The summed E-state index contributed by atoms with van der Waals surface area (Å²) in [5.41, 5.74) is -1.75. The zero-order chi connectivity index (χ0) is 29.7. The van der Waals surface area contributed by atoms with Crippen LogP contribution < -0.4 is 5.32 Å². The van der Waals surface area contributed by atoms with Crippen molar-refractivity contribution >= 4 is 58.8 Å². The predicted molar refractivity (Wildman–Crippen MR) is 136 cm³/mol. The first-order valence-electron chi connectivity index (χ1n) is 11.5. The van der Waals surface area contributed by atoms with Crippen molar-refractivity contribution in [2.24, 2.45) is 0 Å². The van der Waals surface area contributed by atoms with E-state index in [0.717, 1.165) is 32.5 Å². The number of hydrogen-bond acceptors (Lipinski definition) is 9. The molecule has 1 aliphatic rings. The summed E-state index contributed by atoms with van der Waals surface area (Å²) in [6, 6.07) is 4.11. The first kappa shape index (κ1) is 31.5. The van der Waals surface area contributed by atoms with Crippen LogP contribution in [-0.4, -0.2) is 60.2 Å². The predicted octanol–water partition coefficient (Wildman–Crippen LogP) is 4.45. The molecule has 1 saturated heterocycles. The summed E-state index contributed by atoms with van der Waals surface area (Å²) >= 11 is 13.1. The molecule has 3 unspecified atom stereocenters. The third kappa shape index (κ3) is 8.03. The fourth-order valence-electron chi connectivity index (χ4n) is 3.77. The van der Waals surface area contributed by atoms with Gasteiger partial charge in [0.25, 0.3) is 5.91 Å². The normalized spacial score (nSPS) is 22.2. The molecule has 0 radical (unpaired) electrons. The third-order valence-corrected chi connectivity index (χ3v) is 7.27. The van der Waals surface area contributed by atoms with Crippen LogP contribution in [-0.2, 0) is 33.3 Å². The van der Waals surface area contributed by atoms with E-state index >= 15 is 0 Å². The highest BCUT2D eigenvalue weighted by Gasteiger charge is 2.51. The topological polar surface area (TPSA) is 117 Å². The summed E-state index contributed by atoms with van der Waals surface area (Å²) in [5, 5.41) is 2.91. The van der Waals surface area contributed by atoms with E-state index in [2.05, 4.69) is 5.32 Å². The molecule has 0 aromatic heterocycles. The van der Waals surface area contributed by atoms with Gasteiger partial charge >= 0.3 is 17.9 Å². The molecule has 0 saturated carbocycles. The average Bonchev–Trinajstić information content (AvgIpc) is 2.86. The molecule has 2 aromatic rings. The van der Waals surface area contributed by atoms with Gasteiger partial charge in [-0.25, -0.2) is 13.2 Å². The minimum Gasteiger partial charge on any atom is -0.463 e. The fourth-order valence-corrected chi connectivity index (χ4v) is 5.30. The van der Waals surface area contributed by atoms with Crippen molar-refractivity contribution in [3.63, 3.8) is 0 Å². The summed E-state index contributed by atoms with van der Waals surface area (Å²) in [7, 11) is 0. The lowest BCUT2D eigenvalue weighted by atomic mass is 9.96. The van der Waals surface area contributed by atoms with Gasteiger partial charge in [0.2, 0.25) is 0 Å². The molecule has 2 aromatic carbocycles. The van der Waals surface area contributed by atoms with Crippen molar-refractivity contribution in [2.75, 3.05) is 6.61 Å². The van der Waals surface area contributed by atoms with Crippen LogP contribution in [0.25, 0.3) is 0 Å². The molecule has 3 rings (SSSR count). The quantitative estimate of drug-likeness (QED) is 0.258. The zero-order valence-electron chi connectivity index (χ0n) is 21.0. The third-order valence-electron chi connectivity index (χ3n) is 5.39. The number of rotatable bonds is 8. The summed E-state index contributed by atoms with van der Waals surface area (Å²) in [6.07, 6.45) is -4.02. The highest BCUT2D eigenvalue weighted by molar-refractivity contribution is 7.99. The first-order valence-corrected chi connectivity index (χ1v) is 13.1. The standard InChI is InChI=1S/C25H22Cl2F3NO8S/c1-10(32)36-9-19-22(37-11(2)33)21(31-24(35)13-6-17(28)20(30)18(29)7-13)23(38-12(3)34)25(39-19)40-14-4-5-15(26)16(27)8-14/h4-8,19,21-23,25H,9H2,1-3H3,(H,31,35)/t19?,21?,22-,23?,25+/m0/s1. The van der Waals surface area contributed by atoms with Crippen LogP contribution in [0.15, 0.2) is 35.2 Å². The number of hydrogen-bond donors (Lipinski definition) is 1. The number of carbonyl (C=O) groups is 4. The Bertz CT molecular complexity index is 1290. The zero-order valence-corrected chi connectivity index (χ0v) is 23.4. The van der Waals surface area contributed by atoms with Gasteiger partial charge in [0.1, 0.15) is 24.2 Å². The Labute approximate surface area is 240 Å². The van der Waals surface area contributed by atoms with Crippen LogP contribution in [0.4, 0.5) is 13.2 Å². The maximum absolute atomic E-state index is 13.9. The minimum absolute atomic E-state index is 0.200. The number of ether oxygens (including phenoxy) is 4. The summed E-state index contributed by atoms with van der Waals surface area (Å²) in [4.78, 5) is 49.3. The van der Waals surface area contributed by atoms with Gasteiger partial charge in [0.15, 0.2) is 29.7 Å². The molecule has 9 nitrogen and oxygen atoms in total. The van der Waals surface area contributed by atoms with E-state index in [1.807, 2.05) is 0 Å². The highest BCUT2D eigenvalue weighted by Crippen LogP contribution is 2.38. The number of esters is 3. The lowest BCUT2D eigenvalue weighted by molar-refractivity contribution is -0.203. The second kappa shape index (κ2) is 13.6.